The molecule has 2 aromatic rings. The summed E-state index contributed by atoms with van der Waals surface area (Å²) in [5.41, 5.74) is 3.33. The van der Waals surface area contributed by atoms with E-state index in [4.69, 9.17) is 4.74 Å². The Labute approximate surface area is 167 Å². The van der Waals surface area contributed by atoms with Crippen LogP contribution in [0.2, 0.25) is 0 Å². The topological polar surface area (TPSA) is 29.5 Å². The third-order valence-corrected chi connectivity index (χ3v) is 6.77. The Balaban J connectivity index is 1.83. The molecule has 2 nitrogen and oxygen atoms in total. The van der Waals surface area contributed by atoms with Crippen LogP contribution in [0.5, 0.6) is 11.5 Å². The van der Waals surface area contributed by atoms with Gasteiger partial charge in [0.05, 0.1) is 0 Å². The van der Waals surface area contributed by atoms with E-state index in [2.05, 4.69) is 26.8 Å². The fourth-order valence-electron chi connectivity index (χ4n) is 4.97. The molecular weight excluding hydrogens is 351 g/mol. The number of rotatable bonds is 2. The van der Waals surface area contributed by atoms with Crippen molar-refractivity contribution in [1.82, 2.24) is 0 Å². The SMILES string of the molecule is CC1=CC[C@@H]2[C@@H](C1)c1c(O)cc(C(C)(C)c3cccc(F)c3)cc1OC2(C)C. The summed E-state index contributed by atoms with van der Waals surface area (Å²) in [5, 5.41) is 11.0. The molecule has 2 atom stereocenters. The molecule has 0 saturated carbocycles. The van der Waals surface area contributed by atoms with Gasteiger partial charge in [0.15, 0.2) is 0 Å². The lowest BCUT2D eigenvalue weighted by atomic mass is 9.66. The molecule has 4 rings (SSSR count). The number of phenolic OH excluding ortho intramolecular Hbond substituents is 1. The largest absolute Gasteiger partial charge is 0.508 e. The first kappa shape index (κ1) is 19.0. The zero-order valence-electron chi connectivity index (χ0n) is 17.3. The second kappa shape index (κ2) is 6.37. The van der Waals surface area contributed by atoms with E-state index >= 15 is 0 Å². The van der Waals surface area contributed by atoms with E-state index in [1.165, 1.54) is 11.6 Å². The van der Waals surface area contributed by atoms with Crippen LogP contribution < -0.4 is 4.74 Å². The second-order valence-corrected chi connectivity index (χ2v) is 9.45. The first-order valence-corrected chi connectivity index (χ1v) is 10.1. The number of phenols is 1. The molecule has 0 amide bonds. The van der Waals surface area contributed by atoms with Crippen LogP contribution in [0.1, 0.15) is 70.1 Å². The van der Waals surface area contributed by atoms with E-state index < -0.39 is 5.41 Å². The maximum absolute atomic E-state index is 13.8. The van der Waals surface area contributed by atoms with E-state index in [9.17, 15) is 9.50 Å². The second-order valence-electron chi connectivity index (χ2n) is 9.45. The lowest BCUT2D eigenvalue weighted by molar-refractivity contribution is 0.00745. The highest BCUT2D eigenvalue weighted by molar-refractivity contribution is 5.55. The summed E-state index contributed by atoms with van der Waals surface area (Å²) in [6.07, 6.45) is 4.22. The number of ether oxygens (including phenoxy) is 1. The van der Waals surface area contributed by atoms with Crippen molar-refractivity contribution in [1.29, 1.82) is 0 Å². The summed E-state index contributed by atoms with van der Waals surface area (Å²) in [6, 6.07) is 10.6. The van der Waals surface area contributed by atoms with Gasteiger partial charge in [-0.1, -0.05) is 37.6 Å². The average molecular weight is 381 g/mol. The number of halogens is 1. The molecule has 1 N–H and O–H groups in total. The highest BCUT2D eigenvalue weighted by Gasteiger charge is 2.46. The van der Waals surface area contributed by atoms with Crippen molar-refractivity contribution in [3.8, 4) is 11.5 Å². The van der Waals surface area contributed by atoms with E-state index in [0.29, 0.717) is 5.92 Å². The minimum absolute atomic E-state index is 0.252. The molecule has 1 aliphatic carbocycles. The summed E-state index contributed by atoms with van der Waals surface area (Å²) in [6.45, 7) is 10.5. The Morgan fingerprint density at radius 1 is 1.14 bits per heavy atom. The summed E-state index contributed by atoms with van der Waals surface area (Å²) >= 11 is 0. The number of fused-ring (bicyclic) bond motifs is 3. The van der Waals surface area contributed by atoms with Crippen molar-refractivity contribution >= 4 is 0 Å². The molecule has 0 aromatic heterocycles. The Hall–Kier alpha value is -2.29. The lowest BCUT2D eigenvalue weighted by Crippen LogP contribution is -2.45. The standard InChI is InChI=1S/C25H29FO2/c1-15-9-10-20-19(11-15)23-21(27)13-17(14-22(23)28-25(20,4)5)24(2,3)16-7-6-8-18(26)12-16/h6-9,12-14,19-20,27H,10-11H2,1-5H3/t19-,20-/m1/s1. The summed E-state index contributed by atoms with van der Waals surface area (Å²) in [7, 11) is 0. The van der Waals surface area contributed by atoms with Crippen molar-refractivity contribution in [2.24, 2.45) is 5.92 Å². The smallest absolute Gasteiger partial charge is 0.127 e. The van der Waals surface area contributed by atoms with Crippen LogP contribution in [0.15, 0.2) is 48.0 Å². The third kappa shape index (κ3) is 3.01. The quantitative estimate of drug-likeness (QED) is 0.605. The van der Waals surface area contributed by atoms with E-state index in [0.717, 1.165) is 35.3 Å². The number of benzene rings is 2. The van der Waals surface area contributed by atoms with Crippen LogP contribution in [0.3, 0.4) is 0 Å². The molecule has 0 spiro atoms. The van der Waals surface area contributed by atoms with Crippen molar-refractivity contribution in [2.45, 2.75) is 64.4 Å². The Bertz CT molecular complexity index is 955. The van der Waals surface area contributed by atoms with Gasteiger partial charge in [0, 0.05) is 22.8 Å². The van der Waals surface area contributed by atoms with Gasteiger partial charge in [0.25, 0.3) is 0 Å². The molecule has 2 aromatic carbocycles. The van der Waals surface area contributed by atoms with Crippen LogP contribution in [0, 0.1) is 11.7 Å². The molecular formula is C25H29FO2. The van der Waals surface area contributed by atoms with Crippen LogP contribution in [-0.2, 0) is 5.41 Å². The lowest BCUT2D eigenvalue weighted by Gasteiger charge is -2.47. The number of allylic oxidation sites excluding steroid dienone is 2. The molecule has 2 aliphatic rings. The summed E-state index contributed by atoms with van der Waals surface area (Å²) in [5.74, 6) is 1.40. The molecule has 0 bridgehead atoms. The van der Waals surface area contributed by atoms with Crippen molar-refractivity contribution < 1.29 is 14.2 Å². The zero-order valence-corrected chi connectivity index (χ0v) is 17.3. The predicted octanol–water partition coefficient (Wildman–Crippen LogP) is 6.47. The van der Waals surface area contributed by atoms with Crippen LogP contribution >= 0.6 is 0 Å². The highest BCUT2D eigenvalue weighted by atomic mass is 19.1. The van der Waals surface area contributed by atoms with E-state index in [-0.39, 0.29) is 23.1 Å². The number of hydrogen-bond donors (Lipinski definition) is 1. The minimum atomic E-state index is -0.457. The molecule has 0 radical (unpaired) electrons. The number of aromatic hydroxyl groups is 1. The monoisotopic (exact) mass is 380 g/mol. The fourth-order valence-corrected chi connectivity index (χ4v) is 4.97. The van der Waals surface area contributed by atoms with Crippen molar-refractivity contribution in [2.75, 3.05) is 0 Å². The van der Waals surface area contributed by atoms with Crippen molar-refractivity contribution in [3.63, 3.8) is 0 Å². The van der Waals surface area contributed by atoms with Gasteiger partial charge in [0.2, 0.25) is 0 Å². The zero-order chi connectivity index (χ0) is 20.3. The highest BCUT2D eigenvalue weighted by Crippen LogP contribution is 2.55. The maximum atomic E-state index is 13.8. The van der Waals surface area contributed by atoms with Gasteiger partial charge >= 0.3 is 0 Å². The molecule has 0 unspecified atom stereocenters. The van der Waals surface area contributed by atoms with Gasteiger partial charge in [-0.2, -0.15) is 0 Å². The molecule has 1 heterocycles. The first-order chi connectivity index (χ1) is 13.1. The minimum Gasteiger partial charge on any atom is -0.508 e. The third-order valence-electron chi connectivity index (χ3n) is 6.77. The van der Waals surface area contributed by atoms with Gasteiger partial charge in [0.1, 0.15) is 22.9 Å². The summed E-state index contributed by atoms with van der Waals surface area (Å²) in [4.78, 5) is 0. The Morgan fingerprint density at radius 3 is 2.61 bits per heavy atom. The van der Waals surface area contributed by atoms with Gasteiger partial charge < -0.3 is 9.84 Å². The van der Waals surface area contributed by atoms with Crippen molar-refractivity contribution in [3.05, 3.63) is 70.6 Å². The molecule has 0 fully saturated rings. The molecule has 28 heavy (non-hydrogen) atoms. The van der Waals surface area contributed by atoms with Gasteiger partial charge in [-0.15, -0.1) is 0 Å². The number of hydrogen-bond acceptors (Lipinski definition) is 2. The normalized spacial score (nSPS) is 23.3. The van der Waals surface area contributed by atoms with Gasteiger partial charge in [-0.25, -0.2) is 4.39 Å². The van der Waals surface area contributed by atoms with Crippen LogP contribution in [-0.4, -0.2) is 10.7 Å². The molecule has 148 valence electrons. The molecule has 3 heteroatoms. The van der Waals surface area contributed by atoms with Crippen LogP contribution in [0.4, 0.5) is 4.39 Å². The Kier molecular flexibility index (Phi) is 4.33. The average Bonchev–Trinajstić information content (AvgIpc) is 2.60. The van der Waals surface area contributed by atoms with Gasteiger partial charge in [-0.3, -0.25) is 0 Å². The fraction of sp³-hybridized carbons (Fsp3) is 0.440. The first-order valence-electron chi connectivity index (χ1n) is 10.1. The maximum Gasteiger partial charge on any atom is 0.127 e. The molecule has 1 aliphatic heterocycles. The van der Waals surface area contributed by atoms with E-state index in [1.807, 2.05) is 32.0 Å². The molecule has 0 saturated heterocycles. The predicted molar refractivity (Wildman–Crippen MR) is 111 cm³/mol. The van der Waals surface area contributed by atoms with Crippen LogP contribution in [0.25, 0.3) is 0 Å². The summed E-state index contributed by atoms with van der Waals surface area (Å²) < 4.78 is 20.2. The van der Waals surface area contributed by atoms with Gasteiger partial charge in [-0.05, 0) is 69.0 Å². The van der Waals surface area contributed by atoms with E-state index in [1.54, 1.807) is 12.1 Å². The Morgan fingerprint density at radius 2 is 1.89 bits per heavy atom.